The van der Waals surface area contributed by atoms with Crippen molar-refractivity contribution >= 4 is 23.5 Å². The van der Waals surface area contributed by atoms with E-state index >= 15 is 0 Å². The maximum absolute atomic E-state index is 11.7. The van der Waals surface area contributed by atoms with Crippen LogP contribution in [-0.2, 0) is 14.3 Å². The first-order valence-corrected chi connectivity index (χ1v) is 6.73. The van der Waals surface area contributed by atoms with Gasteiger partial charge in [-0.3, -0.25) is 14.4 Å². The molecule has 6 heteroatoms. The predicted octanol–water partition coefficient (Wildman–Crippen LogP) is 1.57. The van der Waals surface area contributed by atoms with Crippen molar-refractivity contribution < 1.29 is 19.1 Å². The van der Waals surface area contributed by atoms with Crippen LogP contribution in [0.1, 0.15) is 30.6 Å². The number of methoxy groups -OCH3 is 1. The zero-order valence-corrected chi connectivity index (χ0v) is 12.4. The number of hydrogen-bond acceptors (Lipinski definition) is 4. The number of hydrogen-bond donors (Lipinski definition) is 2. The summed E-state index contributed by atoms with van der Waals surface area (Å²) in [5.41, 5.74) is 1.03. The molecule has 6 nitrogen and oxygen atoms in total. The minimum atomic E-state index is -0.513. The van der Waals surface area contributed by atoms with E-state index in [0.29, 0.717) is 11.3 Å². The summed E-state index contributed by atoms with van der Waals surface area (Å²) in [5.74, 6) is -1.01. The van der Waals surface area contributed by atoms with Crippen molar-refractivity contribution in [3.05, 3.63) is 29.8 Å². The third-order valence-electron chi connectivity index (χ3n) is 3.10. The normalized spacial score (nSPS) is 11.4. The third-order valence-corrected chi connectivity index (χ3v) is 3.10. The zero-order chi connectivity index (χ0) is 15.8. The van der Waals surface area contributed by atoms with Crippen molar-refractivity contribution in [1.29, 1.82) is 0 Å². The number of esters is 1. The second kappa shape index (κ2) is 8.04. The Morgan fingerprint density at radius 3 is 2.33 bits per heavy atom. The molecule has 1 aromatic carbocycles. The minimum Gasteiger partial charge on any atom is -0.468 e. The van der Waals surface area contributed by atoms with Gasteiger partial charge in [-0.1, -0.05) is 13.8 Å². The average molecular weight is 292 g/mol. The highest BCUT2D eigenvalue weighted by atomic mass is 16.5. The highest BCUT2D eigenvalue weighted by molar-refractivity contribution is 5.97. The van der Waals surface area contributed by atoms with E-state index in [1.807, 2.05) is 13.8 Å². The Kier molecular flexibility index (Phi) is 6.39. The lowest BCUT2D eigenvalue weighted by Crippen LogP contribution is -2.30. The van der Waals surface area contributed by atoms with Crippen LogP contribution in [0.2, 0.25) is 0 Å². The highest BCUT2D eigenvalue weighted by Gasteiger charge is 2.11. The van der Waals surface area contributed by atoms with Crippen molar-refractivity contribution in [1.82, 2.24) is 5.32 Å². The quantitative estimate of drug-likeness (QED) is 0.780. The Balaban J connectivity index is 2.59. The molecular formula is C15H20N2O4. The summed E-state index contributed by atoms with van der Waals surface area (Å²) in [6.45, 7) is 3.62. The number of ether oxygens (including phenoxy) is 1. The molecule has 1 aromatic rings. The molecule has 2 amide bonds. The molecule has 0 aromatic heterocycles. The van der Waals surface area contributed by atoms with Gasteiger partial charge in [0, 0.05) is 17.2 Å². The molecule has 0 bridgehead atoms. The van der Waals surface area contributed by atoms with Gasteiger partial charge in [-0.25, -0.2) is 0 Å². The molecule has 0 saturated heterocycles. The number of nitrogens with one attached hydrogen (secondary N) is 2. The number of anilines is 1. The molecular weight excluding hydrogens is 272 g/mol. The first-order valence-electron chi connectivity index (χ1n) is 6.73. The van der Waals surface area contributed by atoms with Crippen LogP contribution in [0.5, 0.6) is 0 Å². The summed E-state index contributed by atoms with van der Waals surface area (Å²) >= 11 is 0. The molecule has 2 N–H and O–H groups in total. The van der Waals surface area contributed by atoms with Crippen molar-refractivity contribution in [2.75, 3.05) is 19.0 Å². The molecule has 1 rings (SSSR count). The van der Waals surface area contributed by atoms with E-state index < -0.39 is 5.97 Å². The molecule has 1 atom stereocenters. The van der Waals surface area contributed by atoms with Gasteiger partial charge in [0.15, 0.2) is 0 Å². The maximum atomic E-state index is 11.7. The van der Waals surface area contributed by atoms with Gasteiger partial charge in [-0.15, -0.1) is 0 Å². The summed E-state index contributed by atoms with van der Waals surface area (Å²) in [4.78, 5) is 34.4. The number of carbonyl (C=O) groups is 3. The summed E-state index contributed by atoms with van der Waals surface area (Å²) in [6.07, 6.45) is 0.764. The fourth-order valence-electron chi connectivity index (χ4n) is 1.48. The van der Waals surface area contributed by atoms with E-state index in [1.54, 1.807) is 24.3 Å². The van der Waals surface area contributed by atoms with Gasteiger partial charge < -0.3 is 15.4 Å². The molecule has 0 radical (unpaired) electrons. The maximum Gasteiger partial charge on any atom is 0.325 e. The molecule has 0 fully saturated rings. The second-order valence-corrected chi connectivity index (χ2v) is 4.63. The zero-order valence-electron chi connectivity index (χ0n) is 12.4. The van der Waals surface area contributed by atoms with Gasteiger partial charge in [-0.05, 0) is 30.7 Å². The molecule has 0 aliphatic rings. The van der Waals surface area contributed by atoms with Gasteiger partial charge >= 0.3 is 5.97 Å². The number of carbonyl (C=O) groups excluding carboxylic acids is 3. The molecule has 21 heavy (non-hydrogen) atoms. The minimum absolute atomic E-state index is 0.0552. The van der Waals surface area contributed by atoms with Crippen LogP contribution in [0.25, 0.3) is 0 Å². The second-order valence-electron chi connectivity index (χ2n) is 4.63. The summed E-state index contributed by atoms with van der Waals surface area (Å²) in [6, 6.07) is 6.46. The first kappa shape index (κ1) is 16.7. The molecule has 0 saturated carbocycles. The molecule has 0 heterocycles. The molecule has 1 unspecified atom stereocenters. The fraction of sp³-hybridized carbons (Fsp3) is 0.400. The Labute approximate surface area is 123 Å². The van der Waals surface area contributed by atoms with Crippen molar-refractivity contribution in [3.63, 3.8) is 0 Å². The number of rotatable bonds is 6. The summed E-state index contributed by atoms with van der Waals surface area (Å²) < 4.78 is 4.43. The smallest absolute Gasteiger partial charge is 0.325 e. The molecule has 0 spiro atoms. The van der Waals surface area contributed by atoms with E-state index in [-0.39, 0.29) is 24.3 Å². The van der Waals surface area contributed by atoms with E-state index in [0.717, 1.165) is 6.42 Å². The largest absolute Gasteiger partial charge is 0.468 e. The van der Waals surface area contributed by atoms with Crippen LogP contribution in [0.4, 0.5) is 5.69 Å². The van der Waals surface area contributed by atoms with Crippen LogP contribution in [0.15, 0.2) is 24.3 Å². The van der Waals surface area contributed by atoms with Crippen LogP contribution >= 0.6 is 0 Å². The van der Waals surface area contributed by atoms with Crippen LogP contribution in [0.3, 0.4) is 0 Å². The Hall–Kier alpha value is -2.37. The lowest BCUT2D eigenvalue weighted by atomic mass is 10.1. The summed E-state index contributed by atoms with van der Waals surface area (Å²) in [5, 5.41) is 5.21. The van der Waals surface area contributed by atoms with Crippen molar-refractivity contribution in [3.8, 4) is 0 Å². The van der Waals surface area contributed by atoms with Crippen molar-refractivity contribution in [2.24, 2.45) is 5.92 Å². The van der Waals surface area contributed by atoms with E-state index in [2.05, 4.69) is 15.4 Å². The standard InChI is InChI=1S/C15H20N2O4/c1-4-10(2)14(19)17-12-7-5-11(6-8-12)15(20)16-9-13(18)21-3/h5-8,10H,4,9H2,1-3H3,(H,16,20)(H,17,19). The number of benzene rings is 1. The Morgan fingerprint density at radius 2 is 1.81 bits per heavy atom. The topological polar surface area (TPSA) is 84.5 Å². The molecule has 114 valence electrons. The van der Waals surface area contributed by atoms with E-state index in [1.165, 1.54) is 7.11 Å². The lowest BCUT2D eigenvalue weighted by molar-refractivity contribution is -0.139. The SMILES string of the molecule is CCC(C)C(=O)Nc1ccc(C(=O)NCC(=O)OC)cc1. The molecule has 0 aliphatic heterocycles. The van der Waals surface area contributed by atoms with Gasteiger partial charge in [0.2, 0.25) is 5.91 Å². The predicted molar refractivity (Wildman–Crippen MR) is 78.9 cm³/mol. The van der Waals surface area contributed by atoms with E-state index in [4.69, 9.17) is 0 Å². The van der Waals surface area contributed by atoms with Gasteiger partial charge in [0.25, 0.3) is 5.91 Å². The van der Waals surface area contributed by atoms with Crippen LogP contribution < -0.4 is 10.6 Å². The average Bonchev–Trinajstić information content (AvgIpc) is 2.51. The lowest BCUT2D eigenvalue weighted by Gasteiger charge is -2.10. The third kappa shape index (κ3) is 5.25. The number of amides is 2. The fourth-order valence-corrected chi connectivity index (χ4v) is 1.48. The van der Waals surface area contributed by atoms with Gasteiger partial charge in [0.05, 0.1) is 7.11 Å². The molecule has 0 aliphatic carbocycles. The summed E-state index contributed by atoms with van der Waals surface area (Å²) in [7, 11) is 1.25. The first-order chi connectivity index (χ1) is 9.97. The Morgan fingerprint density at radius 1 is 1.19 bits per heavy atom. The Bertz CT molecular complexity index is 511. The van der Waals surface area contributed by atoms with Crippen molar-refractivity contribution in [2.45, 2.75) is 20.3 Å². The van der Waals surface area contributed by atoms with E-state index in [9.17, 15) is 14.4 Å². The van der Waals surface area contributed by atoms with Crippen LogP contribution in [-0.4, -0.2) is 31.4 Å². The van der Waals surface area contributed by atoms with Crippen LogP contribution in [0, 0.1) is 5.92 Å². The van der Waals surface area contributed by atoms with Gasteiger partial charge in [-0.2, -0.15) is 0 Å². The highest BCUT2D eigenvalue weighted by Crippen LogP contribution is 2.12. The monoisotopic (exact) mass is 292 g/mol. The van der Waals surface area contributed by atoms with Gasteiger partial charge in [0.1, 0.15) is 6.54 Å².